The highest BCUT2D eigenvalue weighted by atomic mass is 16.5. The Morgan fingerprint density at radius 3 is 2.78 bits per heavy atom. The molecule has 7 nitrogen and oxygen atoms in total. The van der Waals surface area contributed by atoms with Crippen molar-refractivity contribution in [1.29, 1.82) is 0 Å². The highest BCUT2D eigenvalue weighted by Gasteiger charge is 2.21. The number of ether oxygens (including phenoxy) is 2. The third-order valence-corrected chi connectivity index (χ3v) is 5.35. The Balaban J connectivity index is 1.49. The Labute approximate surface area is 159 Å². The fraction of sp³-hybridized carbons (Fsp3) is 0.550. The van der Waals surface area contributed by atoms with Crippen molar-refractivity contribution in [2.24, 2.45) is 0 Å². The lowest BCUT2D eigenvalue weighted by molar-refractivity contribution is 0.0383. The van der Waals surface area contributed by atoms with Gasteiger partial charge in [-0.25, -0.2) is 4.98 Å². The van der Waals surface area contributed by atoms with Gasteiger partial charge in [-0.1, -0.05) is 0 Å². The molecule has 7 heteroatoms. The predicted molar refractivity (Wildman–Crippen MR) is 102 cm³/mol. The van der Waals surface area contributed by atoms with Gasteiger partial charge in [0.2, 0.25) is 0 Å². The highest BCUT2D eigenvalue weighted by Crippen LogP contribution is 2.32. The standard InChI is InChI=1S/C20H26N4O3/c25-20(22-5-6-24-7-11-27-12-8-24)19-13-16(15-2-9-26-10-3-15)17-14-21-4-1-18(17)23-19/h1,4,13-15H,2-3,5-12H2,(H,22,25). The Morgan fingerprint density at radius 2 is 1.96 bits per heavy atom. The first-order valence-electron chi connectivity index (χ1n) is 9.72. The van der Waals surface area contributed by atoms with E-state index in [4.69, 9.17) is 9.47 Å². The minimum absolute atomic E-state index is 0.115. The molecular formula is C20H26N4O3. The highest BCUT2D eigenvalue weighted by molar-refractivity contribution is 5.96. The number of aromatic nitrogens is 2. The molecule has 1 N–H and O–H groups in total. The van der Waals surface area contributed by atoms with Gasteiger partial charge in [0.15, 0.2) is 0 Å². The lowest BCUT2D eigenvalue weighted by Crippen LogP contribution is -2.41. The first kappa shape index (κ1) is 18.3. The maximum absolute atomic E-state index is 12.7. The van der Waals surface area contributed by atoms with Gasteiger partial charge >= 0.3 is 0 Å². The Hall–Kier alpha value is -2.09. The van der Waals surface area contributed by atoms with Crippen molar-refractivity contribution in [2.75, 3.05) is 52.6 Å². The molecule has 0 aromatic carbocycles. The molecule has 2 aromatic heterocycles. The number of hydrogen-bond acceptors (Lipinski definition) is 6. The zero-order valence-corrected chi connectivity index (χ0v) is 15.5. The summed E-state index contributed by atoms with van der Waals surface area (Å²) in [5.41, 5.74) is 2.47. The number of morpholine rings is 1. The first-order valence-corrected chi connectivity index (χ1v) is 9.72. The van der Waals surface area contributed by atoms with E-state index in [1.165, 1.54) is 0 Å². The number of nitrogens with zero attached hydrogens (tertiary/aromatic N) is 3. The summed E-state index contributed by atoms with van der Waals surface area (Å²) in [6.07, 6.45) is 5.51. The Kier molecular flexibility index (Phi) is 5.91. The molecule has 2 aliphatic heterocycles. The van der Waals surface area contributed by atoms with Crippen LogP contribution in [0.2, 0.25) is 0 Å². The SMILES string of the molecule is O=C(NCCN1CCOCC1)c1cc(C2CCOCC2)c2cnccc2n1. The van der Waals surface area contributed by atoms with Gasteiger partial charge < -0.3 is 14.8 Å². The third-order valence-electron chi connectivity index (χ3n) is 5.35. The molecule has 0 saturated carbocycles. The monoisotopic (exact) mass is 370 g/mol. The van der Waals surface area contributed by atoms with E-state index in [1.807, 2.05) is 18.3 Å². The summed E-state index contributed by atoms with van der Waals surface area (Å²) >= 11 is 0. The van der Waals surface area contributed by atoms with E-state index in [-0.39, 0.29) is 5.91 Å². The average Bonchev–Trinajstić information content (AvgIpc) is 2.74. The lowest BCUT2D eigenvalue weighted by Gasteiger charge is -2.26. The van der Waals surface area contributed by atoms with Gasteiger partial charge in [0.1, 0.15) is 5.69 Å². The molecule has 4 rings (SSSR count). The van der Waals surface area contributed by atoms with Gasteiger partial charge in [-0.05, 0) is 36.5 Å². The number of rotatable bonds is 5. The molecule has 144 valence electrons. The molecule has 27 heavy (non-hydrogen) atoms. The second kappa shape index (κ2) is 8.73. The third kappa shape index (κ3) is 4.43. The number of carbonyl (C=O) groups is 1. The topological polar surface area (TPSA) is 76.6 Å². The van der Waals surface area contributed by atoms with Crippen LogP contribution in [-0.2, 0) is 9.47 Å². The largest absolute Gasteiger partial charge is 0.381 e. The van der Waals surface area contributed by atoms with Gasteiger partial charge in [0.25, 0.3) is 5.91 Å². The molecule has 0 bridgehead atoms. The van der Waals surface area contributed by atoms with Crippen molar-refractivity contribution < 1.29 is 14.3 Å². The van der Waals surface area contributed by atoms with Crippen molar-refractivity contribution in [1.82, 2.24) is 20.2 Å². The van der Waals surface area contributed by atoms with Crippen LogP contribution in [0, 0.1) is 0 Å². The van der Waals surface area contributed by atoms with Gasteiger partial charge in [0.05, 0.1) is 18.7 Å². The van der Waals surface area contributed by atoms with E-state index < -0.39 is 0 Å². The van der Waals surface area contributed by atoms with Crippen molar-refractivity contribution in [3.63, 3.8) is 0 Å². The smallest absolute Gasteiger partial charge is 0.269 e. The fourth-order valence-corrected chi connectivity index (χ4v) is 3.80. The molecule has 0 spiro atoms. The molecular weight excluding hydrogens is 344 g/mol. The number of amides is 1. The zero-order chi connectivity index (χ0) is 18.5. The number of pyridine rings is 2. The van der Waals surface area contributed by atoms with E-state index in [9.17, 15) is 4.79 Å². The van der Waals surface area contributed by atoms with Crippen molar-refractivity contribution in [2.45, 2.75) is 18.8 Å². The van der Waals surface area contributed by atoms with Crippen molar-refractivity contribution in [3.05, 3.63) is 35.8 Å². The van der Waals surface area contributed by atoms with E-state index in [0.717, 1.165) is 75.4 Å². The number of fused-ring (bicyclic) bond motifs is 1. The van der Waals surface area contributed by atoms with E-state index in [2.05, 4.69) is 20.2 Å². The Bertz CT molecular complexity index is 786. The summed E-state index contributed by atoms with van der Waals surface area (Å²) in [6, 6.07) is 3.83. The van der Waals surface area contributed by atoms with Gasteiger partial charge in [0, 0.05) is 57.2 Å². The van der Waals surface area contributed by atoms with E-state index in [0.29, 0.717) is 18.2 Å². The number of hydrogen-bond donors (Lipinski definition) is 1. The van der Waals surface area contributed by atoms with Crippen molar-refractivity contribution >= 4 is 16.8 Å². The fourth-order valence-electron chi connectivity index (χ4n) is 3.80. The molecule has 0 unspecified atom stereocenters. The Morgan fingerprint density at radius 1 is 1.19 bits per heavy atom. The van der Waals surface area contributed by atoms with Crippen LogP contribution in [0.1, 0.15) is 34.8 Å². The van der Waals surface area contributed by atoms with Crippen molar-refractivity contribution in [3.8, 4) is 0 Å². The van der Waals surface area contributed by atoms with E-state index >= 15 is 0 Å². The van der Waals surface area contributed by atoms with Crippen LogP contribution in [0.3, 0.4) is 0 Å². The van der Waals surface area contributed by atoms with E-state index in [1.54, 1.807) is 6.20 Å². The molecule has 2 saturated heterocycles. The van der Waals surface area contributed by atoms with Crippen LogP contribution >= 0.6 is 0 Å². The lowest BCUT2D eigenvalue weighted by atomic mass is 9.89. The molecule has 0 radical (unpaired) electrons. The zero-order valence-electron chi connectivity index (χ0n) is 15.5. The minimum Gasteiger partial charge on any atom is -0.381 e. The van der Waals surface area contributed by atoms with Crippen LogP contribution in [0.15, 0.2) is 24.5 Å². The summed E-state index contributed by atoms with van der Waals surface area (Å²) in [5.74, 6) is 0.267. The maximum atomic E-state index is 12.7. The molecule has 0 atom stereocenters. The second-order valence-corrected chi connectivity index (χ2v) is 7.09. The summed E-state index contributed by atoms with van der Waals surface area (Å²) < 4.78 is 10.9. The molecule has 0 aliphatic carbocycles. The number of carbonyl (C=O) groups excluding carboxylic acids is 1. The average molecular weight is 370 g/mol. The summed E-state index contributed by atoms with van der Waals surface area (Å²) in [7, 11) is 0. The van der Waals surface area contributed by atoms with Crippen LogP contribution < -0.4 is 5.32 Å². The van der Waals surface area contributed by atoms with Crippen LogP contribution in [0.5, 0.6) is 0 Å². The quantitative estimate of drug-likeness (QED) is 0.861. The predicted octanol–water partition coefficient (Wildman–Crippen LogP) is 1.59. The minimum atomic E-state index is -0.115. The normalized spacial score (nSPS) is 19.3. The second-order valence-electron chi connectivity index (χ2n) is 7.09. The maximum Gasteiger partial charge on any atom is 0.269 e. The first-order chi connectivity index (χ1) is 13.3. The molecule has 2 aromatic rings. The van der Waals surface area contributed by atoms with Gasteiger partial charge in [-0.3, -0.25) is 14.7 Å². The van der Waals surface area contributed by atoms with Crippen LogP contribution in [0.4, 0.5) is 0 Å². The molecule has 1 amide bonds. The molecule has 2 fully saturated rings. The van der Waals surface area contributed by atoms with Crippen LogP contribution in [-0.4, -0.2) is 73.4 Å². The van der Waals surface area contributed by atoms with Gasteiger partial charge in [-0.15, -0.1) is 0 Å². The molecule has 2 aliphatic rings. The molecule has 4 heterocycles. The summed E-state index contributed by atoms with van der Waals surface area (Å²) in [6.45, 7) is 6.34. The summed E-state index contributed by atoms with van der Waals surface area (Å²) in [5, 5.41) is 4.05. The summed E-state index contributed by atoms with van der Waals surface area (Å²) in [4.78, 5) is 23.8. The number of nitrogens with one attached hydrogen (secondary N) is 1. The van der Waals surface area contributed by atoms with Crippen LogP contribution in [0.25, 0.3) is 10.9 Å². The van der Waals surface area contributed by atoms with Gasteiger partial charge in [-0.2, -0.15) is 0 Å².